The van der Waals surface area contributed by atoms with Crippen LogP contribution >= 0.6 is 23.1 Å². The van der Waals surface area contributed by atoms with Crippen LogP contribution in [0.2, 0.25) is 0 Å². The summed E-state index contributed by atoms with van der Waals surface area (Å²) < 4.78 is 6.94. The van der Waals surface area contributed by atoms with E-state index in [9.17, 15) is 4.79 Å². The predicted molar refractivity (Wildman–Crippen MR) is 117 cm³/mol. The van der Waals surface area contributed by atoms with Gasteiger partial charge in [-0.2, -0.15) is 0 Å². The summed E-state index contributed by atoms with van der Waals surface area (Å²) in [6.07, 6.45) is 2.37. The van der Waals surface area contributed by atoms with Crippen LogP contribution in [-0.4, -0.2) is 32.1 Å². The van der Waals surface area contributed by atoms with Gasteiger partial charge in [-0.25, -0.2) is 15.0 Å². The third-order valence-electron chi connectivity index (χ3n) is 5.03. The maximum absolute atomic E-state index is 12.5. The molecule has 0 fully saturated rings. The molecule has 0 unspecified atom stereocenters. The zero-order valence-electron chi connectivity index (χ0n) is 16.1. The van der Waals surface area contributed by atoms with Crippen LogP contribution in [0.5, 0.6) is 0 Å². The third kappa shape index (κ3) is 3.54. The first-order valence-electron chi connectivity index (χ1n) is 9.41. The predicted octanol–water partition coefficient (Wildman–Crippen LogP) is 5.07. The van der Waals surface area contributed by atoms with Gasteiger partial charge in [0.15, 0.2) is 5.78 Å². The van der Waals surface area contributed by atoms with E-state index < -0.39 is 0 Å². The standard InChI is InChI=1S/C22H19N3O2S2/c1-22(2)9-16-14(10-27-22)8-15-18-19(29-20(15)25-16)21(24-12-23-18)28-11-17(26)13-6-4-3-5-7-13/h3-8,12H,9-11H2,1-2H3. The Bertz CT molecular complexity index is 1240. The molecule has 4 aromatic rings. The molecule has 0 bridgehead atoms. The number of thiophene rings is 1. The highest BCUT2D eigenvalue weighted by atomic mass is 32.2. The van der Waals surface area contributed by atoms with Gasteiger partial charge < -0.3 is 4.74 Å². The minimum absolute atomic E-state index is 0.0939. The van der Waals surface area contributed by atoms with Gasteiger partial charge in [0, 0.05) is 22.9 Å². The van der Waals surface area contributed by atoms with Gasteiger partial charge in [-0.1, -0.05) is 42.1 Å². The second kappa shape index (κ2) is 7.16. The zero-order valence-corrected chi connectivity index (χ0v) is 17.8. The van der Waals surface area contributed by atoms with Gasteiger partial charge in [-0.3, -0.25) is 4.79 Å². The quantitative estimate of drug-likeness (QED) is 0.261. The number of benzene rings is 1. The molecule has 0 saturated heterocycles. The number of hydrogen-bond donors (Lipinski definition) is 0. The van der Waals surface area contributed by atoms with E-state index in [0.29, 0.717) is 12.4 Å². The summed E-state index contributed by atoms with van der Waals surface area (Å²) >= 11 is 3.06. The number of Topliss-reactive ketones (excluding diaryl/α,β-unsaturated/α-hetero) is 1. The second-order valence-corrected chi connectivity index (χ2v) is 9.67. The molecule has 7 heteroatoms. The Morgan fingerprint density at radius 3 is 2.90 bits per heavy atom. The van der Waals surface area contributed by atoms with Crippen LogP contribution in [0.25, 0.3) is 20.4 Å². The van der Waals surface area contributed by atoms with Gasteiger partial charge in [-0.05, 0) is 19.9 Å². The summed E-state index contributed by atoms with van der Waals surface area (Å²) in [7, 11) is 0. The highest BCUT2D eigenvalue weighted by Gasteiger charge is 2.28. The molecule has 3 aromatic heterocycles. The molecule has 0 radical (unpaired) electrons. The van der Waals surface area contributed by atoms with Crippen molar-refractivity contribution < 1.29 is 9.53 Å². The molecule has 1 aliphatic rings. The molecule has 5 nitrogen and oxygen atoms in total. The van der Waals surface area contributed by atoms with Crippen LogP contribution in [0, 0.1) is 0 Å². The van der Waals surface area contributed by atoms with E-state index >= 15 is 0 Å². The SMILES string of the molecule is CC1(C)Cc2nc3sc4c(SCC(=O)c5ccccc5)ncnc4c3cc2CO1. The molecule has 1 aliphatic heterocycles. The van der Waals surface area contributed by atoms with Crippen LogP contribution in [0.4, 0.5) is 0 Å². The number of carbonyl (C=O) groups is 1. The van der Waals surface area contributed by atoms with E-state index in [-0.39, 0.29) is 11.4 Å². The molecule has 0 saturated carbocycles. The number of thioether (sulfide) groups is 1. The number of carbonyl (C=O) groups excluding carboxylic acids is 1. The lowest BCUT2D eigenvalue weighted by atomic mass is 9.95. The van der Waals surface area contributed by atoms with E-state index in [2.05, 4.69) is 29.9 Å². The molecular weight excluding hydrogens is 402 g/mol. The van der Waals surface area contributed by atoms with Gasteiger partial charge in [-0.15, -0.1) is 11.3 Å². The van der Waals surface area contributed by atoms with E-state index in [1.54, 1.807) is 17.7 Å². The smallest absolute Gasteiger partial charge is 0.173 e. The summed E-state index contributed by atoms with van der Waals surface area (Å²) in [6.45, 7) is 4.76. The highest BCUT2D eigenvalue weighted by molar-refractivity contribution is 8.00. The Morgan fingerprint density at radius 1 is 1.24 bits per heavy atom. The monoisotopic (exact) mass is 421 g/mol. The number of ketones is 1. The molecule has 4 heterocycles. The number of ether oxygens (including phenoxy) is 1. The number of fused-ring (bicyclic) bond motifs is 4. The van der Waals surface area contributed by atoms with Gasteiger partial charge in [0.05, 0.1) is 33.9 Å². The number of nitrogens with zero attached hydrogens (tertiary/aromatic N) is 3. The lowest BCUT2D eigenvalue weighted by Crippen LogP contribution is -2.32. The van der Waals surface area contributed by atoms with Crippen molar-refractivity contribution in [2.75, 3.05) is 5.75 Å². The van der Waals surface area contributed by atoms with E-state index in [1.165, 1.54) is 11.8 Å². The molecule has 0 atom stereocenters. The maximum Gasteiger partial charge on any atom is 0.173 e. The average molecular weight is 422 g/mol. The third-order valence-corrected chi connectivity index (χ3v) is 7.24. The molecule has 1 aromatic carbocycles. The van der Waals surface area contributed by atoms with Crippen LogP contribution in [0.1, 0.15) is 35.5 Å². The number of rotatable bonds is 4. The molecule has 0 aliphatic carbocycles. The fourth-order valence-electron chi connectivity index (χ4n) is 3.51. The Morgan fingerprint density at radius 2 is 2.07 bits per heavy atom. The summed E-state index contributed by atoms with van der Waals surface area (Å²) in [5, 5.41) is 1.86. The lowest BCUT2D eigenvalue weighted by molar-refractivity contribution is -0.0411. The maximum atomic E-state index is 12.5. The number of aromatic nitrogens is 3. The van der Waals surface area contributed by atoms with Crippen molar-refractivity contribution >= 4 is 49.3 Å². The number of pyridine rings is 1. The van der Waals surface area contributed by atoms with Crippen LogP contribution < -0.4 is 0 Å². The van der Waals surface area contributed by atoms with E-state index in [1.807, 2.05) is 30.3 Å². The van der Waals surface area contributed by atoms with Crippen LogP contribution in [0.3, 0.4) is 0 Å². The summed E-state index contributed by atoms with van der Waals surface area (Å²) in [5.74, 6) is 0.438. The first kappa shape index (κ1) is 18.7. The van der Waals surface area contributed by atoms with Crippen molar-refractivity contribution in [3.05, 3.63) is 59.5 Å². The second-order valence-electron chi connectivity index (χ2n) is 7.71. The first-order valence-corrected chi connectivity index (χ1v) is 11.2. The summed E-state index contributed by atoms with van der Waals surface area (Å²) in [4.78, 5) is 27.3. The Kier molecular flexibility index (Phi) is 4.61. The van der Waals surface area contributed by atoms with Crippen molar-refractivity contribution in [3.63, 3.8) is 0 Å². The van der Waals surface area contributed by atoms with Gasteiger partial charge in [0.25, 0.3) is 0 Å². The van der Waals surface area contributed by atoms with Crippen molar-refractivity contribution in [3.8, 4) is 0 Å². The van der Waals surface area contributed by atoms with Crippen LogP contribution in [-0.2, 0) is 17.8 Å². The molecule has 5 rings (SSSR count). The van der Waals surface area contributed by atoms with Gasteiger partial charge in [0.1, 0.15) is 16.2 Å². The van der Waals surface area contributed by atoms with E-state index in [0.717, 1.165) is 48.7 Å². The molecule has 146 valence electrons. The van der Waals surface area contributed by atoms with Gasteiger partial charge in [0.2, 0.25) is 0 Å². The first-order chi connectivity index (χ1) is 14.0. The van der Waals surface area contributed by atoms with Crippen molar-refractivity contribution in [2.24, 2.45) is 0 Å². The topological polar surface area (TPSA) is 65.0 Å². The molecular formula is C22H19N3O2S2. The Hall–Kier alpha value is -2.35. The summed E-state index contributed by atoms with van der Waals surface area (Å²) in [6, 6.07) is 11.5. The van der Waals surface area contributed by atoms with Crippen molar-refractivity contribution in [1.82, 2.24) is 15.0 Å². The number of hydrogen-bond acceptors (Lipinski definition) is 7. The normalized spacial score (nSPS) is 15.5. The minimum Gasteiger partial charge on any atom is -0.370 e. The van der Waals surface area contributed by atoms with Gasteiger partial charge >= 0.3 is 0 Å². The van der Waals surface area contributed by atoms with Crippen molar-refractivity contribution in [1.29, 1.82) is 0 Å². The Balaban J connectivity index is 1.50. The molecule has 0 amide bonds. The zero-order chi connectivity index (χ0) is 20.0. The largest absolute Gasteiger partial charge is 0.370 e. The molecule has 0 spiro atoms. The van der Waals surface area contributed by atoms with E-state index in [4.69, 9.17) is 9.72 Å². The average Bonchev–Trinajstić information content (AvgIpc) is 3.08. The summed E-state index contributed by atoms with van der Waals surface area (Å²) in [5.41, 5.74) is 3.65. The fourth-order valence-corrected chi connectivity index (χ4v) is 5.61. The minimum atomic E-state index is -0.191. The lowest BCUT2D eigenvalue weighted by Gasteiger charge is -2.30. The fraction of sp³-hybridized carbons (Fsp3) is 0.273. The highest BCUT2D eigenvalue weighted by Crippen LogP contribution is 2.39. The van der Waals surface area contributed by atoms with Crippen molar-refractivity contribution in [2.45, 2.75) is 37.5 Å². The van der Waals surface area contributed by atoms with Crippen LogP contribution in [0.15, 0.2) is 47.8 Å². The molecule has 0 N–H and O–H groups in total. The Labute approximate surface area is 176 Å². The molecule has 29 heavy (non-hydrogen) atoms.